The zero-order valence-corrected chi connectivity index (χ0v) is 31.1. The third-order valence-electron chi connectivity index (χ3n) is 9.09. The molecule has 0 bridgehead atoms. The van der Waals surface area contributed by atoms with Gasteiger partial charge in [-0.2, -0.15) is 0 Å². The summed E-state index contributed by atoms with van der Waals surface area (Å²) in [4.78, 5) is 79.7. The first-order chi connectivity index (χ1) is 25.4. The van der Waals surface area contributed by atoms with Gasteiger partial charge in [-0.15, -0.1) is 0 Å². The Morgan fingerprint density at radius 2 is 1.30 bits per heavy atom. The standard InChI is InChI=1S/C38H57N9O6/c1-25(2)22-31(46-35(50)32(24-27-14-8-5-9-15-27)45-33(48)29(39)23-26-12-6-4-7-13-26)34(49)44-30(16-10-11-19-42-37(40)52)36(51)47-20-17-28(18-21-47)43-38(53)41-3/h4-9,12-15,25,28-32H,10-11,16-24,39H2,1-3H3,(H,44,49)(H,45,48)(H,46,50)(H3,40,42,52)(H2,41,43,53)/t29-,30-,31-,32-/m1/s1. The van der Waals surface area contributed by atoms with Crippen LogP contribution in [0.3, 0.4) is 0 Å². The maximum Gasteiger partial charge on any atom is 0.314 e. The molecular formula is C38H57N9O6. The Hall–Kier alpha value is -5.18. The molecule has 1 aliphatic heterocycles. The Labute approximate surface area is 312 Å². The van der Waals surface area contributed by atoms with Gasteiger partial charge in [0.2, 0.25) is 23.6 Å². The molecule has 10 N–H and O–H groups in total. The predicted octanol–water partition coefficient (Wildman–Crippen LogP) is 1.06. The zero-order valence-electron chi connectivity index (χ0n) is 31.1. The smallest absolute Gasteiger partial charge is 0.314 e. The lowest BCUT2D eigenvalue weighted by atomic mass is 9.99. The van der Waals surface area contributed by atoms with Crippen molar-refractivity contribution >= 4 is 35.7 Å². The summed E-state index contributed by atoms with van der Waals surface area (Å²) in [7, 11) is 1.54. The fraction of sp³-hybridized carbons (Fsp3) is 0.526. The molecule has 0 saturated carbocycles. The molecule has 3 rings (SSSR count). The topological polar surface area (TPSA) is 230 Å². The first-order valence-corrected chi connectivity index (χ1v) is 18.4. The molecule has 2 aromatic rings. The normalized spacial score (nSPS) is 15.3. The van der Waals surface area contributed by atoms with Crippen molar-refractivity contribution in [1.29, 1.82) is 0 Å². The highest BCUT2D eigenvalue weighted by molar-refractivity contribution is 5.95. The van der Waals surface area contributed by atoms with Gasteiger partial charge >= 0.3 is 12.1 Å². The number of hydrogen-bond acceptors (Lipinski definition) is 7. The molecule has 15 heteroatoms. The third kappa shape index (κ3) is 15.1. The van der Waals surface area contributed by atoms with Crippen LogP contribution in [-0.4, -0.2) is 97.5 Å². The lowest BCUT2D eigenvalue weighted by Crippen LogP contribution is -2.59. The Bertz CT molecular complexity index is 1490. The number of carbonyl (C=O) groups excluding carboxylic acids is 6. The minimum Gasteiger partial charge on any atom is -0.352 e. The van der Waals surface area contributed by atoms with Crippen LogP contribution >= 0.6 is 0 Å². The lowest BCUT2D eigenvalue weighted by Gasteiger charge is -2.35. The predicted molar refractivity (Wildman–Crippen MR) is 202 cm³/mol. The molecule has 290 valence electrons. The number of hydrogen-bond donors (Lipinski definition) is 8. The number of rotatable bonds is 19. The van der Waals surface area contributed by atoms with E-state index in [1.54, 1.807) is 4.90 Å². The molecule has 4 atom stereocenters. The summed E-state index contributed by atoms with van der Waals surface area (Å²) < 4.78 is 0. The summed E-state index contributed by atoms with van der Waals surface area (Å²) in [6.45, 7) is 4.94. The van der Waals surface area contributed by atoms with E-state index in [1.807, 2.05) is 74.5 Å². The van der Waals surface area contributed by atoms with Crippen molar-refractivity contribution in [2.45, 2.75) is 95.4 Å². The molecule has 2 aromatic carbocycles. The first kappa shape index (κ1) is 42.2. The molecule has 1 heterocycles. The fourth-order valence-corrected chi connectivity index (χ4v) is 6.21. The molecule has 53 heavy (non-hydrogen) atoms. The Morgan fingerprint density at radius 3 is 1.87 bits per heavy atom. The van der Waals surface area contributed by atoms with Crippen LogP contribution in [0.1, 0.15) is 63.5 Å². The van der Waals surface area contributed by atoms with Crippen LogP contribution < -0.4 is 43.4 Å². The number of likely N-dealkylation sites (tertiary alicyclic amines) is 1. The third-order valence-corrected chi connectivity index (χ3v) is 9.09. The number of amides is 8. The minimum atomic E-state index is -1.03. The summed E-state index contributed by atoms with van der Waals surface area (Å²) in [5.74, 6) is -1.85. The van der Waals surface area contributed by atoms with E-state index in [0.717, 1.165) is 11.1 Å². The monoisotopic (exact) mass is 735 g/mol. The average Bonchev–Trinajstić information content (AvgIpc) is 3.14. The van der Waals surface area contributed by atoms with Crippen LogP contribution in [0.25, 0.3) is 0 Å². The number of primary amides is 1. The summed E-state index contributed by atoms with van der Waals surface area (Å²) in [6.07, 6.45) is 3.14. The van der Waals surface area contributed by atoms with Gasteiger partial charge in [0.1, 0.15) is 18.1 Å². The highest BCUT2D eigenvalue weighted by Gasteiger charge is 2.33. The van der Waals surface area contributed by atoms with Crippen LogP contribution in [0.2, 0.25) is 0 Å². The van der Waals surface area contributed by atoms with Crippen LogP contribution in [0, 0.1) is 5.92 Å². The van der Waals surface area contributed by atoms with Gasteiger partial charge in [-0.25, -0.2) is 9.59 Å². The van der Waals surface area contributed by atoms with Gasteiger partial charge in [0.25, 0.3) is 0 Å². The largest absolute Gasteiger partial charge is 0.352 e. The maximum atomic E-state index is 14.0. The molecule has 8 amide bonds. The minimum absolute atomic E-state index is 0.00613. The number of urea groups is 2. The van der Waals surface area contributed by atoms with Crippen molar-refractivity contribution in [2.24, 2.45) is 17.4 Å². The summed E-state index contributed by atoms with van der Waals surface area (Å²) in [6, 6.07) is 13.7. The van der Waals surface area contributed by atoms with Crippen molar-refractivity contribution in [3.05, 3.63) is 71.8 Å². The molecular weight excluding hydrogens is 678 g/mol. The number of nitrogens with one attached hydrogen (secondary N) is 6. The van der Waals surface area contributed by atoms with Crippen molar-refractivity contribution in [1.82, 2.24) is 36.8 Å². The van der Waals surface area contributed by atoms with E-state index in [9.17, 15) is 28.8 Å². The Morgan fingerprint density at radius 1 is 0.755 bits per heavy atom. The van der Waals surface area contributed by atoms with Gasteiger partial charge in [0.05, 0.1) is 6.04 Å². The van der Waals surface area contributed by atoms with Crippen molar-refractivity contribution in [2.75, 3.05) is 26.7 Å². The highest BCUT2D eigenvalue weighted by atomic mass is 16.2. The van der Waals surface area contributed by atoms with E-state index in [1.165, 1.54) is 7.05 Å². The number of unbranched alkanes of at least 4 members (excludes halogenated alkanes) is 1. The average molecular weight is 736 g/mol. The van der Waals surface area contributed by atoms with Gasteiger partial charge in [-0.3, -0.25) is 19.2 Å². The molecule has 1 aliphatic rings. The maximum absolute atomic E-state index is 14.0. The molecule has 0 aliphatic carbocycles. The summed E-state index contributed by atoms with van der Waals surface area (Å²) in [5.41, 5.74) is 13.1. The number of benzene rings is 2. The quantitative estimate of drug-likeness (QED) is 0.0978. The van der Waals surface area contributed by atoms with Crippen LogP contribution in [-0.2, 0) is 32.0 Å². The van der Waals surface area contributed by atoms with Gasteiger partial charge in [-0.05, 0) is 62.0 Å². The van der Waals surface area contributed by atoms with Crippen LogP contribution in [0.5, 0.6) is 0 Å². The summed E-state index contributed by atoms with van der Waals surface area (Å²) in [5, 5.41) is 16.5. The summed E-state index contributed by atoms with van der Waals surface area (Å²) >= 11 is 0. The van der Waals surface area contributed by atoms with E-state index in [0.29, 0.717) is 45.3 Å². The lowest BCUT2D eigenvalue weighted by molar-refractivity contribution is -0.138. The molecule has 0 radical (unpaired) electrons. The van der Waals surface area contributed by atoms with E-state index in [-0.39, 0.29) is 49.6 Å². The van der Waals surface area contributed by atoms with E-state index < -0.39 is 47.9 Å². The number of piperidine rings is 1. The van der Waals surface area contributed by atoms with Gasteiger partial charge in [0, 0.05) is 39.1 Å². The molecule has 0 spiro atoms. The van der Waals surface area contributed by atoms with Crippen LogP contribution in [0.15, 0.2) is 60.7 Å². The zero-order chi connectivity index (χ0) is 38.8. The SMILES string of the molecule is CNC(=O)NC1CCN(C(=O)[C@@H](CCCCNC(N)=O)NC(=O)[C@@H](CC(C)C)NC(=O)[C@@H](Cc2ccccc2)NC(=O)[C@H](N)Cc2ccccc2)CC1. The Kier molecular flexibility index (Phi) is 17.5. The van der Waals surface area contributed by atoms with E-state index in [2.05, 4.69) is 31.9 Å². The fourth-order valence-electron chi connectivity index (χ4n) is 6.21. The molecule has 1 fully saturated rings. The van der Waals surface area contributed by atoms with E-state index in [4.69, 9.17) is 11.5 Å². The Balaban J connectivity index is 1.76. The number of carbonyl (C=O) groups is 6. The second-order valence-corrected chi connectivity index (χ2v) is 13.9. The second-order valence-electron chi connectivity index (χ2n) is 13.9. The second kappa shape index (κ2) is 22.0. The van der Waals surface area contributed by atoms with Crippen molar-refractivity contribution < 1.29 is 28.8 Å². The van der Waals surface area contributed by atoms with Gasteiger partial charge in [-0.1, -0.05) is 74.5 Å². The van der Waals surface area contributed by atoms with Crippen molar-refractivity contribution in [3.63, 3.8) is 0 Å². The van der Waals surface area contributed by atoms with Gasteiger partial charge < -0.3 is 48.3 Å². The molecule has 0 unspecified atom stereocenters. The van der Waals surface area contributed by atoms with Crippen molar-refractivity contribution in [3.8, 4) is 0 Å². The first-order valence-electron chi connectivity index (χ1n) is 18.4. The number of nitrogens with two attached hydrogens (primary N) is 2. The van der Waals surface area contributed by atoms with Gasteiger partial charge in [0.15, 0.2) is 0 Å². The number of nitrogens with zero attached hydrogens (tertiary/aromatic N) is 1. The van der Waals surface area contributed by atoms with E-state index >= 15 is 0 Å². The molecule has 15 nitrogen and oxygen atoms in total. The molecule has 1 saturated heterocycles. The molecule has 0 aromatic heterocycles. The highest BCUT2D eigenvalue weighted by Crippen LogP contribution is 2.15. The van der Waals surface area contributed by atoms with Crippen LogP contribution in [0.4, 0.5) is 9.59 Å².